The molecule has 3 heteroatoms. The fraction of sp³-hybridized carbons (Fsp3) is 0.750. The molecule has 0 aromatic rings. The fourth-order valence-corrected chi connectivity index (χ4v) is 256. The number of hydrogen-bond acceptors (Lipinski definition) is 0. The average molecular weight is 830 g/mol. The molecule has 2 aliphatic rings. The Balaban J connectivity index is 2.98. The minimum atomic E-state index is -3.08. The molecule has 0 aromatic heterocycles. The van der Waals surface area contributed by atoms with Crippen molar-refractivity contribution in [1.82, 2.24) is 0 Å². The van der Waals surface area contributed by atoms with Gasteiger partial charge in [-0.15, -0.1) is 0 Å². The van der Waals surface area contributed by atoms with E-state index < -0.39 is 40.7 Å². The van der Waals surface area contributed by atoms with Crippen molar-refractivity contribution < 1.29 is 38.3 Å². The zero-order valence-electron chi connectivity index (χ0n) is 26.2. The molecule has 0 fully saturated rings. The maximum absolute atomic E-state index is 3.08. The molecule has 0 bridgehead atoms. The molecular formula is C32H60Hf2Si. The molecule has 0 aromatic carbocycles. The third-order valence-corrected chi connectivity index (χ3v) is 196. The van der Waals surface area contributed by atoms with Gasteiger partial charge in [-0.25, -0.2) is 0 Å². The van der Waals surface area contributed by atoms with Gasteiger partial charge in [0.1, 0.15) is 0 Å². The van der Waals surface area contributed by atoms with E-state index in [9.17, 15) is 0 Å². The summed E-state index contributed by atoms with van der Waals surface area (Å²) in [5.74, 6) is 0. The van der Waals surface area contributed by atoms with Crippen molar-refractivity contribution in [3.8, 4) is 0 Å². The van der Waals surface area contributed by atoms with Crippen molar-refractivity contribution in [2.45, 2.75) is 126 Å². The predicted octanol–water partition coefficient (Wildman–Crippen LogP) is 11.5. The van der Waals surface area contributed by atoms with E-state index in [0.29, 0.717) is 21.7 Å². The van der Waals surface area contributed by atoms with Crippen LogP contribution < -0.4 is 0 Å². The molecule has 0 N–H and O–H groups in total. The van der Waals surface area contributed by atoms with E-state index in [1.54, 1.807) is 16.7 Å². The van der Waals surface area contributed by atoms with Crippen LogP contribution in [0.4, 0.5) is 0 Å². The Morgan fingerprint density at radius 1 is 0.543 bits per heavy atom. The zero-order valence-corrected chi connectivity index (χ0v) is 34.4. The van der Waals surface area contributed by atoms with Crippen LogP contribution in [0, 0.1) is 21.7 Å². The Morgan fingerprint density at radius 2 is 0.800 bits per heavy atom. The second kappa shape index (κ2) is 10.8. The molecule has 0 saturated carbocycles. The first-order valence-electron chi connectivity index (χ1n) is 14.3. The maximum atomic E-state index is 3.02. The van der Waals surface area contributed by atoms with Gasteiger partial charge >= 0.3 is 231 Å². The molecule has 0 heterocycles. The summed E-state index contributed by atoms with van der Waals surface area (Å²) in [4.78, 5) is 0. The number of rotatable bonds is 8. The average Bonchev–Trinajstić information content (AvgIpc) is 3.29. The van der Waals surface area contributed by atoms with Crippen LogP contribution in [0.3, 0.4) is 0 Å². The van der Waals surface area contributed by atoms with Crippen molar-refractivity contribution in [3.63, 3.8) is 0 Å². The second-order valence-corrected chi connectivity index (χ2v) is 108. The Morgan fingerprint density at radius 3 is 0.971 bits per heavy atom. The summed E-state index contributed by atoms with van der Waals surface area (Å²) in [6.45, 7) is 36.9. The van der Waals surface area contributed by atoms with Crippen molar-refractivity contribution in [2.75, 3.05) is 0 Å². The van der Waals surface area contributed by atoms with Crippen molar-refractivity contribution >= 4 is 2.45 Å². The first kappa shape index (κ1) is 32.1. The Kier molecular flexibility index (Phi) is 9.94. The van der Waals surface area contributed by atoms with Gasteiger partial charge in [0.2, 0.25) is 0 Å². The molecule has 0 atom stereocenters. The SMILES string of the molecule is CC(C)(C)[CH2][Hf]([CH2]C(C)(C)C)([C]1=CC=CC1)[Si](C)(C)[Hf]([CH2]C(C)(C)C)([CH2]C(C)(C)C)[C]1=CC=CC1. The molecule has 0 saturated heterocycles. The molecule has 0 aliphatic heterocycles. The summed E-state index contributed by atoms with van der Waals surface area (Å²) in [6.07, 6.45) is 17.8. The second-order valence-electron chi connectivity index (χ2n) is 17.4. The van der Waals surface area contributed by atoms with E-state index in [1.807, 2.05) is 6.66 Å². The van der Waals surface area contributed by atoms with Crippen molar-refractivity contribution in [2.24, 2.45) is 21.7 Å². The van der Waals surface area contributed by atoms with Crippen LogP contribution in [0.2, 0.25) is 29.8 Å². The molecule has 2 rings (SSSR count). The summed E-state index contributed by atoms with van der Waals surface area (Å²) in [5, 5.41) is 0. The Bertz CT molecular complexity index is 766. The molecular weight excluding hydrogens is 769 g/mol. The van der Waals surface area contributed by atoms with Gasteiger partial charge in [-0.2, -0.15) is 0 Å². The molecule has 0 nitrogen and oxygen atoms in total. The first-order chi connectivity index (χ1) is 15.5. The predicted molar refractivity (Wildman–Crippen MR) is 158 cm³/mol. The van der Waals surface area contributed by atoms with Gasteiger partial charge in [0.25, 0.3) is 0 Å². The monoisotopic (exact) mass is 832 g/mol. The van der Waals surface area contributed by atoms with Gasteiger partial charge in [0, 0.05) is 0 Å². The van der Waals surface area contributed by atoms with Crippen LogP contribution >= 0.6 is 0 Å². The van der Waals surface area contributed by atoms with Gasteiger partial charge in [0.15, 0.2) is 0 Å². The summed E-state index contributed by atoms with van der Waals surface area (Å²) in [5.41, 5.74) is 1.63. The van der Waals surface area contributed by atoms with Crippen LogP contribution in [-0.2, 0) is 38.3 Å². The van der Waals surface area contributed by atoms with Crippen molar-refractivity contribution in [1.29, 1.82) is 0 Å². The molecule has 0 amide bonds. The first-order valence-corrected chi connectivity index (χ1v) is 41.8. The third-order valence-electron chi connectivity index (χ3n) is 8.49. The normalized spacial score (nSPS) is 18.3. The van der Waals surface area contributed by atoms with E-state index in [4.69, 9.17) is 0 Å². The van der Waals surface area contributed by atoms with Crippen molar-refractivity contribution in [3.05, 3.63) is 43.1 Å². The summed E-state index contributed by atoms with van der Waals surface area (Å²) in [6, 6.07) is 0. The van der Waals surface area contributed by atoms with Gasteiger partial charge in [-0.05, 0) is 0 Å². The van der Waals surface area contributed by atoms with E-state index in [1.165, 1.54) is 12.8 Å². The van der Waals surface area contributed by atoms with E-state index >= 15 is 0 Å². The van der Waals surface area contributed by atoms with Gasteiger partial charge in [0.05, 0.1) is 0 Å². The van der Waals surface area contributed by atoms with E-state index in [2.05, 4.69) is 133 Å². The summed E-state index contributed by atoms with van der Waals surface area (Å²) < 4.78 is 8.64. The van der Waals surface area contributed by atoms with Crippen LogP contribution in [0.5, 0.6) is 0 Å². The van der Waals surface area contributed by atoms with Gasteiger partial charge in [-0.1, -0.05) is 0 Å². The van der Waals surface area contributed by atoms with Gasteiger partial charge in [-0.3, -0.25) is 0 Å². The Hall–Kier alpha value is 0.917. The number of hydrogen-bond donors (Lipinski definition) is 0. The molecule has 0 radical (unpaired) electrons. The topological polar surface area (TPSA) is 0 Å². The molecule has 200 valence electrons. The summed E-state index contributed by atoms with van der Waals surface area (Å²) in [7, 11) is 0. The van der Waals surface area contributed by atoms with E-state index in [0.717, 1.165) is 0 Å². The fourth-order valence-electron chi connectivity index (χ4n) is 7.95. The summed E-state index contributed by atoms with van der Waals surface area (Å²) >= 11 is -6.16. The van der Waals surface area contributed by atoms with Crippen LogP contribution in [0.15, 0.2) is 43.1 Å². The zero-order chi connectivity index (χ0) is 27.1. The molecule has 2 aliphatic carbocycles. The number of allylic oxidation sites excluding steroid dienone is 8. The Labute approximate surface area is 229 Å². The van der Waals surface area contributed by atoms with Gasteiger partial charge < -0.3 is 0 Å². The van der Waals surface area contributed by atoms with Crippen LogP contribution in [-0.4, -0.2) is 2.45 Å². The molecule has 0 unspecified atom stereocenters. The van der Waals surface area contributed by atoms with Crippen LogP contribution in [0.1, 0.15) is 95.9 Å². The molecule has 35 heavy (non-hydrogen) atoms. The molecule has 0 spiro atoms. The minimum absolute atomic E-state index is 0.409. The van der Waals surface area contributed by atoms with E-state index in [-0.39, 0.29) is 0 Å². The quantitative estimate of drug-likeness (QED) is 0.214. The van der Waals surface area contributed by atoms with Crippen LogP contribution in [0.25, 0.3) is 0 Å². The third kappa shape index (κ3) is 7.97. The standard InChI is InChI=1S/2C5H5.4C5H11.C2H6Si.2Hf/c2*1-2-4-5-3-1;4*1-5(2,3)4;1-3-2;;/h2*1-3H,4H2;4*1H2,2-4H3;1-2H3;;.